The number of amides is 1. The van der Waals surface area contributed by atoms with E-state index in [2.05, 4.69) is 35.7 Å². The molecule has 0 N–H and O–H groups in total. The van der Waals surface area contributed by atoms with Crippen LogP contribution in [0, 0.1) is 0 Å². The molecule has 1 aliphatic heterocycles. The molecule has 0 unspecified atom stereocenters. The van der Waals surface area contributed by atoms with Gasteiger partial charge in [0.25, 0.3) is 0 Å². The second kappa shape index (κ2) is 8.26. The minimum Gasteiger partial charge on any atom is -0.336 e. The highest BCUT2D eigenvalue weighted by Crippen LogP contribution is 2.31. The van der Waals surface area contributed by atoms with E-state index in [0.717, 1.165) is 23.1 Å². The zero-order valence-corrected chi connectivity index (χ0v) is 16.3. The Labute approximate surface area is 164 Å². The monoisotopic (exact) mass is 388 g/mol. The highest BCUT2D eigenvalue weighted by molar-refractivity contribution is 6.30. The Kier molecular flexibility index (Phi) is 6.02. The fourth-order valence-electron chi connectivity index (χ4n) is 3.36. The van der Waals surface area contributed by atoms with E-state index in [4.69, 9.17) is 23.2 Å². The molecule has 136 valence electrons. The Bertz CT molecular complexity index is 733. The van der Waals surface area contributed by atoms with Crippen LogP contribution in [0.2, 0.25) is 10.0 Å². The van der Waals surface area contributed by atoms with E-state index < -0.39 is 0 Å². The van der Waals surface area contributed by atoms with Crippen molar-refractivity contribution in [2.24, 2.45) is 0 Å². The van der Waals surface area contributed by atoms with Crippen LogP contribution in [0.25, 0.3) is 0 Å². The van der Waals surface area contributed by atoms with Gasteiger partial charge in [-0.05, 0) is 42.3 Å². The van der Waals surface area contributed by atoms with Crippen LogP contribution in [-0.2, 0) is 4.79 Å². The average molecular weight is 389 g/mol. The van der Waals surface area contributed by atoms with Gasteiger partial charge in [-0.2, -0.15) is 0 Å². The third-order valence-corrected chi connectivity index (χ3v) is 5.21. The van der Waals surface area contributed by atoms with Crippen molar-refractivity contribution >= 4 is 29.1 Å². The molecular formula is C21H22Cl2N2O. The van der Waals surface area contributed by atoms with Crippen LogP contribution in [0.1, 0.15) is 24.1 Å². The maximum Gasteiger partial charge on any atom is 0.248 e. The largest absolute Gasteiger partial charge is 0.336 e. The average Bonchev–Trinajstić information content (AvgIpc) is 2.65. The summed E-state index contributed by atoms with van der Waals surface area (Å²) >= 11 is 12.1. The number of halogens is 2. The summed E-state index contributed by atoms with van der Waals surface area (Å²) < 4.78 is 0. The van der Waals surface area contributed by atoms with Crippen molar-refractivity contribution in [2.45, 2.75) is 13.0 Å². The van der Waals surface area contributed by atoms with Crippen molar-refractivity contribution in [1.29, 1.82) is 0 Å². The van der Waals surface area contributed by atoms with E-state index in [1.54, 1.807) is 6.92 Å². The third kappa shape index (κ3) is 4.29. The van der Waals surface area contributed by atoms with Gasteiger partial charge in [0.2, 0.25) is 5.91 Å². The van der Waals surface area contributed by atoms with Crippen LogP contribution in [0.15, 0.2) is 60.7 Å². The highest BCUT2D eigenvalue weighted by atomic mass is 35.5. The van der Waals surface area contributed by atoms with Gasteiger partial charge in [-0.25, -0.2) is 0 Å². The fourth-order valence-corrected chi connectivity index (χ4v) is 3.61. The zero-order chi connectivity index (χ0) is 18.7. The lowest BCUT2D eigenvalue weighted by Gasteiger charge is -2.40. The lowest BCUT2D eigenvalue weighted by atomic mass is 9.96. The Morgan fingerprint density at radius 1 is 0.885 bits per heavy atom. The summed E-state index contributed by atoms with van der Waals surface area (Å²) in [7, 11) is 0. The van der Waals surface area contributed by atoms with Crippen LogP contribution in [0.5, 0.6) is 0 Å². The molecule has 2 aromatic carbocycles. The molecular weight excluding hydrogens is 367 g/mol. The summed E-state index contributed by atoms with van der Waals surface area (Å²) in [6.45, 7) is 8.53. The lowest BCUT2D eigenvalue weighted by molar-refractivity contribution is -0.129. The maximum absolute atomic E-state index is 12.2. The molecule has 0 saturated carbocycles. The van der Waals surface area contributed by atoms with Crippen molar-refractivity contribution < 1.29 is 4.79 Å². The maximum atomic E-state index is 12.2. The SMILES string of the molecule is C=C(C)C(=O)N1CCN(C(c2ccc(Cl)cc2)c2ccc(Cl)cc2)CC1. The first-order chi connectivity index (χ1) is 12.5. The number of nitrogens with zero attached hydrogens (tertiary/aromatic N) is 2. The van der Waals surface area contributed by atoms with Gasteiger partial charge in [0.05, 0.1) is 6.04 Å². The highest BCUT2D eigenvalue weighted by Gasteiger charge is 2.28. The van der Waals surface area contributed by atoms with Gasteiger partial charge in [0.1, 0.15) is 0 Å². The molecule has 1 aliphatic rings. The molecule has 0 bridgehead atoms. The number of benzene rings is 2. The third-order valence-electron chi connectivity index (χ3n) is 4.70. The topological polar surface area (TPSA) is 23.6 Å². The van der Waals surface area contributed by atoms with E-state index in [1.807, 2.05) is 29.2 Å². The molecule has 0 spiro atoms. The number of hydrogen-bond acceptors (Lipinski definition) is 2. The first-order valence-corrected chi connectivity index (χ1v) is 9.41. The van der Waals surface area contributed by atoms with Crippen molar-refractivity contribution in [3.63, 3.8) is 0 Å². The molecule has 1 fully saturated rings. The second-order valence-electron chi connectivity index (χ2n) is 6.61. The van der Waals surface area contributed by atoms with Crippen LogP contribution in [0.4, 0.5) is 0 Å². The molecule has 0 aromatic heterocycles. The van der Waals surface area contributed by atoms with Crippen LogP contribution >= 0.6 is 23.2 Å². The normalized spacial score (nSPS) is 15.3. The van der Waals surface area contributed by atoms with Crippen molar-refractivity contribution in [1.82, 2.24) is 9.80 Å². The van der Waals surface area contributed by atoms with E-state index in [1.165, 1.54) is 11.1 Å². The van der Waals surface area contributed by atoms with E-state index in [0.29, 0.717) is 18.7 Å². The van der Waals surface area contributed by atoms with Crippen LogP contribution in [0.3, 0.4) is 0 Å². The van der Waals surface area contributed by atoms with Crippen LogP contribution in [-0.4, -0.2) is 41.9 Å². The number of carbonyl (C=O) groups is 1. The standard InChI is InChI=1S/C21H22Cl2N2O/c1-15(2)21(26)25-13-11-24(12-14-25)20(16-3-7-18(22)8-4-16)17-5-9-19(23)10-6-17/h3-10,20H,1,11-14H2,2H3. The number of piperazine rings is 1. The van der Waals surface area contributed by atoms with Gasteiger partial charge in [-0.3, -0.25) is 9.69 Å². The van der Waals surface area contributed by atoms with Gasteiger partial charge < -0.3 is 4.90 Å². The summed E-state index contributed by atoms with van der Waals surface area (Å²) in [5.74, 6) is 0.0409. The summed E-state index contributed by atoms with van der Waals surface area (Å²) in [6.07, 6.45) is 0. The molecule has 3 rings (SSSR count). The van der Waals surface area contributed by atoms with Gasteiger partial charge >= 0.3 is 0 Å². The number of carbonyl (C=O) groups excluding carboxylic acids is 1. The lowest BCUT2D eigenvalue weighted by Crippen LogP contribution is -2.50. The quantitative estimate of drug-likeness (QED) is 0.702. The predicted molar refractivity (Wildman–Crippen MR) is 108 cm³/mol. The van der Waals surface area contributed by atoms with E-state index in [-0.39, 0.29) is 11.9 Å². The van der Waals surface area contributed by atoms with Gasteiger partial charge in [0.15, 0.2) is 0 Å². The van der Waals surface area contributed by atoms with E-state index >= 15 is 0 Å². The van der Waals surface area contributed by atoms with Gasteiger partial charge in [-0.1, -0.05) is 54.0 Å². The van der Waals surface area contributed by atoms with E-state index in [9.17, 15) is 4.79 Å². The van der Waals surface area contributed by atoms with Crippen molar-refractivity contribution in [3.8, 4) is 0 Å². The summed E-state index contributed by atoms with van der Waals surface area (Å²) in [5.41, 5.74) is 2.94. The molecule has 2 aromatic rings. The summed E-state index contributed by atoms with van der Waals surface area (Å²) in [5, 5.41) is 1.45. The predicted octanol–water partition coefficient (Wildman–Crippen LogP) is 4.80. The Morgan fingerprint density at radius 3 is 1.69 bits per heavy atom. The van der Waals surface area contributed by atoms with Crippen molar-refractivity contribution in [2.75, 3.05) is 26.2 Å². The summed E-state index contributed by atoms with van der Waals surface area (Å²) in [6, 6.07) is 16.0. The molecule has 1 saturated heterocycles. The minimum absolute atomic E-state index is 0.0409. The minimum atomic E-state index is 0.0409. The van der Waals surface area contributed by atoms with Gasteiger partial charge in [0, 0.05) is 41.8 Å². The molecule has 1 heterocycles. The molecule has 0 radical (unpaired) electrons. The zero-order valence-electron chi connectivity index (χ0n) is 14.8. The summed E-state index contributed by atoms with van der Waals surface area (Å²) in [4.78, 5) is 16.4. The van der Waals surface area contributed by atoms with Crippen molar-refractivity contribution in [3.05, 3.63) is 81.9 Å². The second-order valence-corrected chi connectivity index (χ2v) is 7.49. The number of hydrogen-bond donors (Lipinski definition) is 0. The first kappa shape index (κ1) is 19.0. The van der Waals surface area contributed by atoms with Gasteiger partial charge in [-0.15, -0.1) is 0 Å². The molecule has 0 atom stereocenters. The molecule has 5 heteroatoms. The molecule has 3 nitrogen and oxygen atoms in total. The fraction of sp³-hybridized carbons (Fsp3) is 0.286. The number of rotatable bonds is 4. The first-order valence-electron chi connectivity index (χ1n) is 8.65. The molecule has 0 aliphatic carbocycles. The van der Waals surface area contributed by atoms with Crippen LogP contribution < -0.4 is 0 Å². The molecule has 26 heavy (non-hydrogen) atoms. The Morgan fingerprint density at radius 2 is 1.31 bits per heavy atom. The Hall–Kier alpha value is -1.81. The molecule has 1 amide bonds. The Balaban J connectivity index is 1.85. The smallest absolute Gasteiger partial charge is 0.248 e.